The van der Waals surface area contributed by atoms with Gasteiger partial charge in [0.05, 0.1) is 12.2 Å². The van der Waals surface area contributed by atoms with Gasteiger partial charge >= 0.3 is 0 Å². The summed E-state index contributed by atoms with van der Waals surface area (Å²) in [6.07, 6.45) is 0. The van der Waals surface area contributed by atoms with Crippen molar-refractivity contribution in [3.8, 4) is 23.1 Å². The molecule has 0 spiro atoms. The Balaban J connectivity index is 2.84. The topological polar surface area (TPSA) is 111 Å². The summed E-state index contributed by atoms with van der Waals surface area (Å²) in [4.78, 5) is 7.42. The van der Waals surface area contributed by atoms with Crippen LogP contribution >= 0.6 is 0 Å². The van der Waals surface area contributed by atoms with E-state index in [0.29, 0.717) is 0 Å². The van der Waals surface area contributed by atoms with Gasteiger partial charge in [-0.15, -0.1) is 0 Å². The van der Waals surface area contributed by atoms with Gasteiger partial charge in [-0.1, -0.05) is 0 Å². The lowest BCUT2D eigenvalue weighted by molar-refractivity contribution is 0.338. The second-order valence-electron chi connectivity index (χ2n) is 3.97. The first-order valence-electron chi connectivity index (χ1n) is 5.93. The molecule has 6 nitrogen and oxygen atoms in total. The number of nitrogen functional groups attached to an aromatic ring is 2. The highest BCUT2D eigenvalue weighted by Crippen LogP contribution is 2.36. The summed E-state index contributed by atoms with van der Waals surface area (Å²) < 4.78 is 32.9. The molecule has 1 heterocycles. The minimum atomic E-state index is -1.20. The number of benzene rings is 1. The predicted octanol–water partition coefficient (Wildman–Crippen LogP) is 1.86. The van der Waals surface area contributed by atoms with E-state index in [-0.39, 0.29) is 40.9 Å². The quantitative estimate of drug-likeness (QED) is 0.892. The molecule has 0 bridgehead atoms. The molecule has 0 fully saturated rings. The van der Waals surface area contributed by atoms with Gasteiger partial charge in [-0.3, -0.25) is 0 Å². The third-order valence-corrected chi connectivity index (χ3v) is 2.66. The van der Waals surface area contributed by atoms with E-state index in [1.54, 1.807) is 13.0 Å². The maximum Gasteiger partial charge on any atom is 0.222 e. The Morgan fingerprint density at radius 2 is 2.00 bits per heavy atom. The van der Waals surface area contributed by atoms with Crippen molar-refractivity contribution in [1.29, 1.82) is 5.26 Å². The zero-order valence-electron chi connectivity index (χ0n) is 11.0. The Hall–Kier alpha value is -2.95. The van der Waals surface area contributed by atoms with Crippen LogP contribution in [0.1, 0.15) is 12.5 Å². The number of aromatic nitrogens is 2. The van der Waals surface area contributed by atoms with Crippen LogP contribution in [0.3, 0.4) is 0 Å². The monoisotopic (exact) mass is 291 g/mol. The summed E-state index contributed by atoms with van der Waals surface area (Å²) in [6.45, 7) is 1.90. The number of nitriles is 1. The predicted molar refractivity (Wildman–Crippen MR) is 72.1 cm³/mol. The Bertz CT molecular complexity index is 742. The van der Waals surface area contributed by atoms with E-state index in [1.807, 2.05) is 0 Å². The smallest absolute Gasteiger partial charge is 0.222 e. The minimum Gasteiger partial charge on any atom is -0.493 e. The average molecular weight is 291 g/mol. The highest BCUT2D eigenvalue weighted by atomic mass is 19.2. The fraction of sp³-hybridized carbons (Fsp3) is 0.154. The number of ether oxygens (including phenoxy) is 1. The van der Waals surface area contributed by atoms with E-state index in [2.05, 4.69) is 9.97 Å². The van der Waals surface area contributed by atoms with Gasteiger partial charge in [-0.05, 0) is 19.1 Å². The highest BCUT2D eigenvalue weighted by molar-refractivity contribution is 5.77. The summed E-state index contributed by atoms with van der Waals surface area (Å²) in [5, 5.41) is 9.12. The first-order valence-corrected chi connectivity index (χ1v) is 5.93. The molecule has 0 unspecified atom stereocenters. The lowest BCUT2D eigenvalue weighted by Gasteiger charge is -2.13. The molecule has 0 aliphatic carbocycles. The maximum atomic E-state index is 14.1. The lowest BCUT2D eigenvalue weighted by atomic mass is 10.0. The summed E-state index contributed by atoms with van der Waals surface area (Å²) in [5.41, 5.74) is 10.3. The molecule has 108 valence electrons. The molecule has 0 amide bonds. The summed E-state index contributed by atoms with van der Waals surface area (Å²) in [6, 6.07) is 3.92. The molecule has 0 radical (unpaired) electrons. The van der Waals surface area contributed by atoms with Crippen molar-refractivity contribution in [2.75, 3.05) is 18.1 Å². The molecule has 1 aromatic heterocycles. The number of halogens is 2. The summed E-state index contributed by atoms with van der Waals surface area (Å²) in [7, 11) is 0. The van der Waals surface area contributed by atoms with Crippen molar-refractivity contribution >= 4 is 11.8 Å². The van der Waals surface area contributed by atoms with E-state index < -0.39 is 11.6 Å². The number of rotatable bonds is 3. The van der Waals surface area contributed by atoms with E-state index >= 15 is 0 Å². The number of hydrogen-bond acceptors (Lipinski definition) is 6. The molecular weight excluding hydrogens is 280 g/mol. The van der Waals surface area contributed by atoms with Crippen LogP contribution in [0.5, 0.6) is 5.75 Å². The third kappa shape index (κ3) is 2.53. The van der Waals surface area contributed by atoms with Gasteiger partial charge in [-0.2, -0.15) is 10.2 Å². The Labute approximate surface area is 119 Å². The molecule has 0 saturated carbocycles. The van der Waals surface area contributed by atoms with Crippen molar-refractivity contribution in [3.63, 3.8) is 0 Å². The molecule has 1 aromatic carbocycles. The number of hydrogen-bond donors (Lipinski definition) is 2. The normalized spacial score (nSPS) is 10.2. The van der Waals surface area contributed by atoms with Crippen LogP contribution in [-0.2, 0) is 0 Å². The highest BCUT2D eigenvalue weighted by Gasteiger charge is 2.23. The van der Waals surface area contributed by atoms with Gasteiger partial charge < -0.3 is 16.2 Å². The Kier molecular flexibility index (Phi) is 3.84. The van der Waals surface area contributed by atoms with Crippen molar-refractivity contribution in [3.05, 3.63) is 29.3 Å². The van der Waals surface area contributed by atoms with Crippen LogP contribution in [0.25, 0.3) is 11.3 Å². The molecule has 8 heteroatoms. The second kappa shape index (κ2) is 5.58. The van der Waals surface area contributed by atoms with Gasteiger partial charge in [-0.25, -0.2) is 13.8 Å². The fourth-order valence-electron chi connectivity index (χ4n) is 1.82. The Morgan fingerprint density at radius 1 is 1.29 bits per heavy atom. The minimum absolute atomic E-state index is 0.0328. The largest absolute Gasteiger partial charge is 0.493 e. The number of nitrogens with two attached hydrogens (primary N) is 2. The van der Waals surface area contributed by atoms with Crippen LogP contribution in [0.2, 0.25) is 0 Å². The van der Waals surface area contributed by atoms with Crippen molar-refractivity contribution in [2.24, 2.45) is 0 Å². The van der Waals surface area contributed by atoms with Gasteiger partial charge in [0.1, 0.15) is 28.9 Å². The summed E-state index contributed by atoms with van der Waals surface area (Å²) >= 11 is 0. The maximum absolute atomic E-state index is 14.1. The third-order valence-electron chi connectivity index (χ3n) is 2.66. The molecule has 21 heavy (non-hydrogen) atoms. The van der Waals surface area contributed by atoms with Crippen LogP contribution in [-0.4, -0.2) is 16.6 Å². The van der Waals surface area contributed by atoms with Gasteiger partial charge in [0.2, 0.25) is 5.95 Å². The SMILES string of the molecule is CCOc1ccc(F)c(F)c1-c1nc(N)nc(N)c1C#N. The van der Waals surface area contributed by atoms with Crippen molar-refractivity contribution in [1.82, 2.24) is 9.97 Å². The average Bonchev–Trinajstić information content (AvgIpc) is 2.43. The zero-order chi connectivity index (χ0) is 15.6. The molecule has 0 atom stereocenters. The van der Waals surface area contributed by atoms with Gasteiger partial charge in [0.15, 0.2) is 11.6 Å². The van der Waals surface area contributed by atoms with Gasteiger partial charge in [0, 0.05) is 0 Å². The lowest BCUT2D eigenvalue weighted by Crippen LogP contribution is -2.07. The van der Waals surface area contributed by atoms with E-state index in [1.165, 1.54) is 6.07 Å². The summed E-state index contributed by atoms with van der Waals surface area (Å²) in [5.74, 6) is -2.74. The zero-order valence-corrected chi connectivity index (χ0v) is 11.0. The molecule has 2 rings (SSSR count). The molecular formula is C13H11F2N5O. The molecule has 0 aliphatic rings. The standard InChI is InChI=1S/C13H11F2N5O/c1-2-21-8-4-3-7(14)10(15)9(8)11-6(5-16)12(17)20-13(18)19-11/h3-4H,2H2,1H3,(H4,17,18,19,20). The van der Waals surface area contributed by atoms with Crippen LogP contribution < -0.4 is 16.2 Å². The van der Waals surface area contributed by atoms with Crippen LogP contribution in [0.15, 0.2) is 12.1 Å². The Morgan fingerprint density at radius 3 is 2.62 bits per heavy atom. The molecule has 0 saturated heterocycles. The molecule has 0 aliphatic heterocycles. The van der Waals surface area contributed by atoms with Gasteiger partial charge in [0.25, 0.3) is 0 Å². The number of nitrogens with zero attached hydrogens (tertiary/aromatic N) is 3. The molecule has 2 aromatic rings. The van der Waals surface area contributed by atoms with E-state index in [4.69, 9.17) is 21.5 Å². The number of anilines is 2. The fourth-order valence-corrected chi connectivity index (χ4v) is 1.82. The first-order chi connectivity index (χ1) is 9.99. The van der Waals surface area contributed by atoms with E-state index in [9.17, 15) is 8.78 Å². The van der Waals surface area contributed by atoms with Crippen LogP contribution in [0, 0.1) is 23.0 Å². The van der Waals surface area contributed by atoms with Crippen molar-refractivity contribution in [2.45, 2.75) is 6.92 Å². The second-order valence-corrected chi connectivity index (χ2v) is 3.97. The molecule has 4 N–H and O–H groups in total. The van der Waals surface area contributed by atoms with E-state index in [0.717, 1.165) is 6.07 Å². The van der Waals surface area contributed by atoms with Crippen molar-refractivity contribution < 1.29 is 13.5 Å². The van der Waals surface area contributed by atoms with Crippen LogP contribution in [0.4, 0.5) is 20.5 Å². The first kappa shape index (κ1) is 14.5.